The molecule has 170 valence electrons. The lowest BCUT2D eigenvalue weighted by Crippen LogP contribution is -2.45. The van der Waals surface area contributed by atoms with Crippen molar-refractivity contribution in [1.29, 1.82) is 0 Å². The summed E-state index contributed by atoms with van der Waals surface area (Å²) in [5.41, 5.74) is 0. The lowest BCUT2D eigenvalue weighted by molar-refractivity contribution is -0.252. The van der Waals surface area contributed by atoms with E-state index in [1.54, 1.807) is 20.8 Å². The predicted octanol–water partition coefficient (Wildman–Crippen LogP) is 2.90. The molecule has 0 aromatic heterocycles. The van der Waals surface area contributed by atoms with Gasteiger partial charge in [-0.15, -0.1) is 0 Å². The lowest BCUT2D eigenvalue weighted by atomic mass is 10.1. The molecule has 0 saturated carbocycles. The average molecular weight is 438 g/mol. The zero-order chi connectivity index (χ0) is 22.0. The third-order valence-electron chi connectivity index (χ3n) is 4.62. The Morgan fingerprint density at radius 2 is 1.86 bits per heavy atom. The van der Waals surface area contributed by atoms with Gasteiger partial charge in [0.2, 0.25) is 5.79 Å². The van der Waals surface area contributed by atoms with Gasteiger partial charge in [0, 0.05) is 12.8 Å². The zero-order valence-corrected chi connectivity index (χ0v) is 19.0. The molecule has 2 N–H and O–H groups in total. The van der Waals surface area contributed by atoms with Gasteiger partial charge in [0.25, 0.3) is 0 Å². The second-order valence-corrected chi connectivity index (χ2v) is 9.65. The Morgan fingerprint density at radius 1 is 1.21 bits per heavy atom. The fourth-order valence-corrected chi connectivity index (χ4v) is 4.50. The molecule has 0 amide bonds. The number of hydrogen-bond acceptors (Lipinski definition) is 8. The van der Waals surface area contributed by atoms with Crippen molar-refractivity contribution in [2.24, 2.45) is 0 Å². The van der Waals surface area contributed by atoms with Gasteiger partial charge < -0.3 is 28.6 Å². The number of rotatable bonds is 10. The lowest BCUT2D eigenvalue weighted by Gasteiger charge is -2.30. The topological polar surface area (TPSA) is 113 Å². The van der Waals surface area contributed by atoms with Gasteiger partial charge in [-0.3, -0.25) is 9.42 Å². The minimum atomic E-state index is -4.62. The van der Waals surface area contributed by atoms with Crippen molar-refractivity contribution in [2.75, 3.05) is 6.61 Å². The van der Waals surface area contributed by atoms with E-state index >= 15 is 0 Å². The zero-order valence-electron chi connectivity index (χ0n) is 18.1. The van der Waals surface area contributed by atoms with E-state index in [-0.39, 0.29) is 49.3 Å². The Hall–Kier alpha value is -0.510. The Labute approximate surface area is 172 Å². The van der Waals surface area contributed by atoms with E-state index in [0.717, 1.165) is 0 Å². The van der Waals surface area contributed by atoms with E-state index < -0.39 is 25.8 Å². The van der Waals surface area contributed by atoms with Crippen LogP contribution < -0.4 is 0 Å². The standard InChI is InChI=1S/C19H35O9P/c1-11(2)23-10-19(20)17(9-14(6)26-19)28-29(21,22)27-15(7)18-16(24-12(3)4)8-13(5)25-18/h11-14,16-18,20H,7-10H2,1-6H3,(H,21,22)/t13-,14-,16+,17+,18+,19+/m0/s1. The number of phosphoric acid groups is 1. The molecule has 0 aliphatic carbocycles. The fraction of sp³-hybridized carbons (Fsp3) is 0.895. The summed E-state index contributed by atoms with van der Waals surface area (Å²) in [7, 11) is -4.62. The van der Waals surface area contributed by atoms with Gasteiger partial charge in [0.15, 0.2) is 0 Å². The number of hydrogen-bond donors (Lipinski definition) is 2. The second kappa shape index (κ2) is 9.75. The molecule has 7 atom stereocenters. The first kappa shape index (κ1) is 24.8. The highest BCUT2D eigenvalue weighted by molar-refractivity contribution is 7.47. The van der Waals surface area contributed by atoms with Gasteiger partial charge in [-0.05, 0) is 41.5 Å². The molecule has 9 nitrogen and oxygen atoms in total. The molecule has 2 rings (SSSR count). The van der Waals surface area contributed by atoms with Gasteiger partial charge in [-0.1, -0.05) is 6.58 Å². The summed E-state index contributed by atoms with van der Waals surface area (Å²) in [5.74, 6) is -1.91. The largest absolute Gasteiger partial charge is 0.527 e. The van der Waals surface area contributed by atoms with Crippen LogP contribution in [0.1, 0.15) is 54.4 Å². The highest BCUT2D eigenvalue weighted by atomic mass is 31.2. The van der Waals surface area contributed by atoms with Crippen molar-refractivity contribution >= 4 is 7.82 Å². The van der Waals surface area contributed by atoms with Crippen LogP contribution in [-0.4, -0.2) is 65.1 Å². The maximum Gasteiger partial charge on any atom is 0.527 e. The van der Waals surface area contributed by atoms with Gasteiger partial charge in [0.1, 0.15) is 24.6 Å². The third kappa shape index (κ3) is 7.01. The van der Waals surface area contributed by atoms with Crippen LogP contribution in [0.5, 0.6) is 0 Å². The molecule has 2 saturated heterocycles. The highest BCUT2D eigenvalue weighted by Gasteiger charge is 2.51. The Bertz CT molecular complexity index is 610. The van der Waals surface area contributed by atoms with E-state index in [2.05, 4.69) is 6.58 Å². The Kier molecular flexibility index (Phi) is 8.32. The quantitative estimate of drug-likeness (QED) is 0.393. The Balaban J connectivity index is 2.02. The first-order valence-corrected chi connectivity index (χ1v) is 11.5. The summed E-state index contributed by atoms with van der Waals surface area (Å²) in [5, 5.41) is 10.7. The molecule has 2 aliphatic heterocycles. The van der Waals surface area contributed by atoms with Crippen LogP contribution >= 0.6 is 7.82 Å². The minimum Gasteiger partial charge on any atom is -0.406 e. The van der Waals surface area contributed by atoms with E-state index in [9.17, 15) is 14.6 Å². The van der Waals surface area contributed by atoms with Crippen LogP contribution in [-0.2, 0) is 32.6 Å². The number of aliphatic hydroxyl groups is 1. The number of phosphoric ester groups is 1. The maximum absolute atomic E-state index is 12.6. The normalized spacial score (nSPS) is 37.2. The summed E-state index contributed by atoms with van der Waals surface area (Å²) in [6, 6.07) is 0. The summed E-state index contributed by atoms with van der Waals surface area (Å²) in [6.45, 7) is 14.5. The second-order valence-electron chi connectivity index (χ2n) is 8.32. The molecule has 0 spiro atoms. The van der Waals surface area contributed by atoms with Gasteiger partial charge in [-0.25, -0.2) is 4.57 Å². The van der Waals surface area contributed by atoms with E-state index in [1.165, 1.54) is 0 Å². The summed E-state index contributed by atoms with van der Waals surface area (Å²) >= 11 is 0. The molecule has 0 aromatic rings. The first-order valence-electron chi connectivity index (χ1n) is 10.0. The molecule has 10 heteroatoms. The Morgan fingerprint density at radius 3 is 2.45 bits per heavy atom. The van der Waals surface area contributed by atoms with Crippen molar-refractivity contribution in [2.45, 2.75) is 103 Å². The molecule has 2 fully saturated rings. The highest BCUT2D eigenvalue weighted by Crippen LogP contribution is 2.51. The van der Waals surface area contributed by atoms with Crippen molar-refractivity contribution in [3.05, 3.63) is 12.3 Å². The average Bonchev–Trinajstić information content (AvgIpc) is 3.03. The van der Waals surface area contributed by atoms with Crippen molar-refractivity contribution in [1.82, 2.24) is 0 Å². The molecule has 0 radical (unpaired) electrons. The molecular weight excluding hydrogens is 403 g/mol. The van der Waals surface area contributed by atoms with Gasteiger partial charge in [-0.2, -0.15) is 0 Å². The molecule has 0 aromatic carbocycles. The van der Waals surface area contributed by atoms with Crippen LogP contribution in [0.3, 0.4) is 0 Å². The van der Waals surface area contributed by atoms with Gasteiger partial charge >= 0.3 is 7.82 Å². The third-order valence-corrected chi connectivity index (χ3v) is 5.60. The molecule has 2 aliphatic rings. The van der Waals surface area contributed by atoms with Crippen molar-refractivity contribution < 1.29 is 42.6 Å². The van der Waals surface area contributed by atoms with Crippen molar-refractivity contribution in [3.8, 4) is 0 Å². The van der Waals surface area contributed by atoms with E-state index in [1.807, 2.05) is 20.8 Å². The van der Waals surface area contributed by atoms with Crippen LogP contribution in [0, 0.1) is 0 Å². The fourth-order valence-electron chi connectivity index (χ4n) is 3.48. The molecule has 1 unspecified atom stereocenters. The summed E-state index contributed by atoms with van der Waals surface area (Å²) in [6.07, 6.45) is -2.02. The SMILES string of the molecule is C=C(OP(=O)(O)O[C@@H]1C[C@H](C)O[C@]1(O)COC(C)C)[C@H]1O[C@@H](C)C[C@H]1OC(C)C. The molecule has 29 heavy (non-hydrogen) atoms. The maximum atomic E-state index is 12.6. The van der Waals surface area contributed by atoms with Crippen LogP contribution in [0.25, 0.3) is 0 Å². The summed E-state index contributed by atoms with van der Waals surface area (Å²) < 4.78 is 45.5. The van der Waals surface area contributed by atoms with Gasteiger partial charge in [0.05, 0.1) is 30.5 Å². The summed E-state index contributed by atoms with van der Waals surface area (Å²) in [4.78, 5) is 10.3. The minimum absolute atomic E-state index is 0.0468. The molecule has 0 bridgehead atoms. The van der Waals surface area contributed by atoms with Crippen LogP contribution in [0.2, 0.25) is 0 Å². The smallest absolute Gasteiger partial charge is 0.406 e. The van der Waals surface area contributed by atoms with E-state index in [0.29, 0.717) is 6.42 Å². The molecule has 2 heterocycles. The van der Waals surface area contributed by atoms with E-state index in [4.69, 9.17) is 28.0 Å². The number of ether oxygens (including phenoxy) is 4. The van der Waals surface area contributed by atoms with Crippen LogP contribution in [0.15, 0.2) is 12.3 Å². The monoisotopic (exact) mass is 438 g/mol. The predicted molar refractivity (Wildman–Crippen MR) is 105 cm³/mol. The van der Waals surface area contributed by atoms with Crippen molar-refractivity contribution in [3.63, 3.8) is 0 Å². The molecular formula is C19H35O9P. The van der Waals surface area contributed by atoms with Crippen LogP contribution in [0.4, 0.5) is 0 Å². The first-order chi connectivity index (χ1) is 13.3.